The third-order valence-electron chi connectivity index (χ3n) is 4.37. The van der Waals surface area contributed by atoms with Gasteiger partial charge in [-0.15, -0.1) is 0 Å². The topological polar surface area (TPSA) is 68.2 Å². The van der Waals surface area contributed by atoms with Crippen molar-refractivity contribution >= 4 is 17.3 Å². The van der Waals surface area contributed by atoms with Crippen LogP contribution in [-0.2, 0) is 0 Å². The van der Waals surface area contributed by atoms with Crippen LogP contribution in [0.5, 0.6) is 0 Å². The molecular formula is C15H23N5. The zero-order valence-corrected chi connectivity index (χ0v) is 12.0. The summed E-state index contributed by atoms with van der Waals surface area (Å²) in [5.74, 6) is 3.08. The highest BCUT2D eigenvalue weighted by molar-refractivity contribution is 5.64. The molecule has 5 heteroatoms. The third-order valence-corrected chi connectivity index (χ3v) is 4.37. The number of nitrogen functional groups attached to an aromatic ring is 1. The van der Waals surface area contributed by atoms with E-state index in [1.807, 2.05) is 10.6 Å². The average Bonchev–Trinajstić information content (AvgIpc) is 2.89. The van der Waals surface area contributed by atoms with Gasteiger partial charge < -0.3 is 15.5 Å². The standard InChI is InChI=1S/C15H23N5/c1-11-2-4-12(5-3-11)6-7-17-14-15-18-8-9-20(15)10-13(16)19-14/h8-12H,2-7,16H2,1H3,(H,17,19). The highest BCUT2D eigenvalue weighted by Gasteiger charge is 2.17. The van der Waals surface area contributed by atoms with Gasteiger partial charge in [-0.1, -0.05) is 32.6 Å². The summed E-state index contributed by atoms with van der Waals surface area (Å²) in [5.41, 5.74) is 6.66. The molecule has 2 aromatic rings. The summed E-state index contributed by atoms with van der Waals surface area (Å²) >= 11 is 0. The van der Waals surface area contributed by atoms with Gasteiger partial charge in [0.2, 0.25) is 0 Å². The molecule has 0 aliphatic heterocycles. The summed E-state index contributed by atoms with van der Waals surface area (Å²) in [4.78, 5) is 8.67. The number of fused-ring (bicyclic) bond motifs is 1. The highest BCUT2D eigenvalue weighted by atomic mass is 15.1. The van der Waals surface area contributed by atoms with Crippen LogP contribution in [0.1, 0.15) is 39.0 Å². The molecule has 5 nitrogen and oxygen atoms in total. The van der Waals surface area contributed by atoms with Crippen molar-refractivity contribution in [1.29, 1.82) is 0 Å². The average molecular weight is 273 g/mol. The van der Waals surface area contributed by atoms with Gasteiger partial charge >= 0.3 is 0 Å². The van der Waals surface area contributed by atoms with Gasteiger partial charge in [-0.2, -0.15) is 0 Å². The zero-order chi connectivity index (χ0) is 13.9. The second-order valence-corrected chi connectivity index (χ2v) is 6.01. The van der Waals surface area contributed by atoms with Crippen molar-refractivity contribution in [1.82, 2.24) is 14.4 Å². The molecular weight excluding hydrogens is 250 g/mol. The van der Waals surface area contributed by atoms with Crippen molar-refractivity contribution in [3.8, 4) is 0 Å². The first-order valence-electron chi connectivity index (χ1n) is 7.55. The first-order valence-corrected chi connectivity index (χ1v) is 7.55. The lowest BCUT2D eigenvalue weighted by Crippen LogP contribution is -2.16. The normalized spacial score (nSPS) is 23.1. The van der Waals surface area contributed by atoms with Crippen molar-refractivity contribution in [3.05, 3.63) is 18.6 Å². The Balaban J connectivity index is 1.58. The molecule has 0 aromatic carbocycles. The van der Waals surface area contributed by atoms with Crippen LogP contribution in [0, 0.1) is 11.8 Å². The maximum atomic E-state index is 5.81. The molecule has 1 aliphatic carbocycles. The molecule has 1 aliphatic rings. The number of hydrogen-bond donors (Lipinski definition) is 2. The predicted octanol–water partition coefficient (Wildman–Crippen LogP) is 2.94. The van der Waals surface area contributed by atoms with E-state index in [1.165, 1.54) is 32.1 Å². The predicted molar refractivity (Wildman–Crippen MR) is 81.6 cm³/mol. The largest absolute Gasteiger partial charge is 0.382 e. The number of anilines is 2. The Morgan fingerprint density at radius 2 is 2.15 bits per heavy atom. The minimum absolute atomic E-state index is 0.518. The molecule has 3 N–H and O–H groups in total. The van der Waals surface area contributed by atoms with E-state index in [-0.39, 0.29) is 0 Å². The molecule has 0 radical (unpaired) electrons. The molecule has 2 heterocycles. The molecule has 0 saturated heterocycles. The van der Waals surface area contributed by atoms with Crippen LogP contribution in [0.3, 0.4) is 0 Å². The van der Waals surface area contributed by atoms with Gasteiger partial charge in [-0.3, -0.25) is 0 Å². The lowest BCUT2D eigenvalue weighted by Gasteiger charge is -2.26. The first kappa shape index (κ1) is 13.2. The summed E-state index contributed by atoms with van der Waals surface area (Å²) in [6.07, 6.45) is 12.1. The summed E-state index contributed by atoms with van der Waals surface area (Å²) < 4.78 is 1.91. The fourth-order valence-electron chi connectivity index (χ4n) is 3.08. The molecule has 0 spiro atoms. The van der Waals surface area contributed by atoms with E-state index < -0.39 is 0 Å². The number of imidazole rings is 1. The van der Waals surface area contributed by atoms with Crippen molar-refractivity contribution in [2.45, 2.75) is 39.0 Å². The van der Waals surface area contributed by atoms with Gasteiger partial charge in [-0.05, 0) is 18.3 Å². The van der Waals surface area contributed by atoms with Crippen molar-refractivity contribution in [2.75, 3.05) is 17.6 Å². The maximum absolute atomic E-state index is 5.81. The van der Waals surface area contributed by atoms with E-state index in [0.29, 0.717) is 5.82 Å². The fraction of sp³-hybridized carbons (Fsp3) is 0.600. The van der Waals surface area contributed by atoms with E-state index in [2.05, 4.69) is 22.2 Å². The molecule has 0 amide bonds. The Hall–Kier alpha value is -1.78. The quantitative estimate of drug-likeness (QED) is 0.898. The number of rotatable bonds is 4. The Bertz CT molecular complexity index is 569. The molecule has 1 saturated carbocycles. The van der Waals surface area contributed by atoms with E-state index >= 15 is 0 Å². The van der Waals surface area contributed by atoms with Gasteiger partial charge in [0.05, 0.1) is 6.20 Å². The van der Waals surface area contributed by atoms with Crippen LogP contribution in [0.15, 0.2) is 18.6 Å². The smallest absolute Gasteiger partial charge is 0.180 e. The zero-order valence-electron chi connectivity index (χ0n) is 12.0. The van der Waals surface area contributed by atoms with Gasteiger partial charge in [0, 0.05) is 18.9 Å². The second kappa shape index (κ2) is 5.69. The van der Waals surface area contributed by atoms with Crippen LogP contribution in [-0.4, -0.2) is 20.9 Å². The lowest BCUT2D eigenvalue weighted by atomic mass is 9.81. The Morgan fingerprint density at radius 3 is 2.95 bits per heavy atom. The minimum atomic E-state index is 0.518. The monoisotopic (exact) mass is 273 g/mol. The summed E-state index contributed by atoms with van der Waals surface area (Å²) in [7, 11) is 0. The van der Waals surface area contributed by atoms with Crippen LogP contribution in [0.2, 0.25) is 0 Å². The van der Waals surface area contributed by atoms with Crippen molar-refractivity contribution in [3.63, 3.8) is 0 Å². The summed E-state index contributed by atoms with van der Waals surface area (Å²) in [5, 5.41) is 3.40. The fourth-order valence-corrected chi connectivity index (χ4v) is 3.08. The molecule has 1 fully saturated rings. The summed E-state index contributed by atoms with van der Waals surface area (Å²) in [6.45, 7) is 3.30. The molecule has 108 valence electrons. The van der Waals surface area contributed by atoms with Crippen molar-refractivity contribution in [2.24, 2.45) is 11.8 Å². The van der Waals surface area contributed by atoms with E-state index in [9.17, 15) is 0 Å². The van der Waals surface area contributed by atoms with Crippen molar-refractivity contribution < 1.29 is 0 Å². The van der Waals surface area contributed by atoms with Gasteiger partial charge in [0.25, 0.3) is 0 Å². The Kier molecular flexibility index (Phi) is 3.76. The summed E-state index contributed by atoms with van der Waals surface area (Å²) in [6, 6.07) is 0. The van der Waals surface area contributed by atoms with Crippen LogP contribution >= 0.6 is 0 Å². The minimum Gasteiger partial charge on any atom is -0.382 e. The van der Waals surface area contributed by atoms with E-state index in [4.69, 9.17) is 5.73 Å². The van der Waals surface area contributed by atoms with E-state index in [1.54, 1.807) is 12.4 Å². The maximum Gasteiger partial charge on any atom is 0.180 e. The Morgan fingerprint density at radius 1 is 1.35 bits per heavy atom. The molecule has 0 bridgehead atoms. The van der Waals surface area contributed by atoms with Crippen LogP contribution in [0.4, 0.5) is 11.6 Å². The number of nitrogens with two attached hydrogens (primary N) is 1. The highest BCUT2D eigenvalue weighted by Crippen LogP contribution is 2.30. The third kappa shape index (κ3) is 2.86. The van der Waals surface area contributed by atoms with E-state index in [0.717, 1.165) is 29.8 Å². The molecule has 3 rings (SSSR count). The van der Waals surface area contributed by atoms with Crippen LogP contribution < -0.4 is 11.1 Å². The molecule has 2 aromatic heterocycles. The van der Waals surface area contributed by atoms with Gasteiger partial charge in [0.1, 0.15) is 5.82 Å². The number of nitrogens with one attached hydrogen (secondary N) is 1. The molecule has 20 heavy (non-hydrogen) atoms. The Labute approximate surface area is 119 Å². The lowest BCUT2D eigenvalue weighted by molar-refractivity contribution is 0.282. The number of aromatic nitrogens is 3. The number of hydrogen-bond acceptors (Lipinski definition) is 4. The SMILES string of the molecule is CC1CCC(CCNc2nc(N)cn3ccnc23)CC1. The molecule has 0 unspecified atom stereocenters. The second-order valence-electron chi connectivity index (χ2n) is 6.01. The van der Waals surface area contributed by atoms with Gasteiger partial charge in [0.15, 0.2) is 11.5 Å². The molecule has 0 atom stereocenters. The van der Waals surface area contributed by atoms with Gasteiger partial charge in [-0.25, -0.2) is 9.97 Å². The first-order chi connectivity index (χ1) is 9.72. The number of nitrogens with zero attached hydrogens (tertiary/aromatic N) is 3. The van der Waals surface area contributed by atoms with Crippen LogP contribution in [0.25, 0.3) is 5.65 Å².